The monoisotopic (exact) mass is 171 g/mol. The largest absolute Gasteiger partial charge is 0.379 e. The molecule has 1 unspecified atom stereocenters. The van der Waals surface area contributed by atoms with Gasteiger partial charge in [0.25, 0.3) is 0 Å². The van der Waals surface area contributed by atoms with Crippen LogP contribution in [0.1, 0.15) is 20.3 Å². The number of carbonyl (C=O) groups is 1. The maximum absolute atomic E-state index is 11.0. The summed E-state index contributed by atoms with van der Waals surface area (Å²) in [5, 5.41) is 0. The van der Waals surface area contributed by atoms with Crippen molar-refractivity contribution in [3.8, 4) is 0 Å². The smallest absolute Gasteiger partial charge is 0.219 e. The van der Waals surface area contributed by atoms with Crippen molar-refractivity contribution in [2.45, 2.75) is 26.4 Å². The number of hydrogen-bond acceptors (Lipinski definition) is 2. The normalized spacial score (nSPS) is 30.4. The molecule has 1 rings (SSSR count). The minimum atomic E-state index is 0.156. The fraction of sp³-hybridized carbons (Fsp3) is 0.889. The summed E-state index contributed by atoms with van der Waals surface area (Å²) in [6.07, 6.45) is 1.28. The Balaban J connectivity index is 2.49. The molecule has 70 valence electrons. The predicted molar refractivity (Wildman–Crippen MR) is 46.8 cm³/mol. The molecule has 0 aromatic carbocycles. The Morgan fingerprint density at radius 2 is 2.25 bits per heavy atom. The van der Waals surface area contributed by atoms with E-state index >= 15 is 0 Å². The summed E-state index contributed by atoms with van der Waals surface area (Å²) in [4.78, 5) is 12.9. The zero-order valence-electron chi connectivity index (χ0n) is 8.04. The Bertz CT molecular complexity index is 170. The van der Waals surface area contributed by atoms with Gasteiger partial charge in [-0.1, -0.05) is 6.92 Å². The van der Waals surface area contributed by atoms with Gasteiger partial charge >= 0.3 is 0 Å². The number of carbonyl (C=O) groups excluding carboxylic acids is 1. The van der Waals surface area contributed by atoms with Crippen molar-refractivity contribution in [1.29, 1.82) is 0 Å². The highest BCUT2D eigenvalue weighted by Crippen LogP contribution is 2.19. The number of amides is 1. The van der Waals surface area contributed by atoms with Crippen molar-refractivity contribution in [3.63, 3.8) is 0 Å². The summed E-state index contributed by atoms with van der Waals surface area (Å²) < 4.78 is 5.29. The zero-order valence-corrected chi connectivity index (χ0v) is 8.04. The van der Waals surface area contributed by atoms with Crippen LogP contribution in [0.15, 0.2) is 0 Å². The lowest BCUT2D eigenvalue weighted by molar-refractivity contribution is -0.133. The molecule has 3 heteroatoms. The second-order valence-electron chi connectivity index (χ2n) is 3.51. The molecule has 1 amide bonds. The van der Waals surface area contributed by atoms with Crippen LogP contribution in [0.2, 0.25) is 0 Å². The van der Waals surface area contributed by atoms with Crippen molar-refractivity contribution in [1.82, 2.24) is 4.90 Å². The van der Waals surface area contributed by atoms with Gasteiger partial charge in [-0.2, -0.15) is 0 Å². The fourth-order valence-electron chi connectivity index (χ4n) is 1.63. The van der Waals surface area contributed by atoms with Gasteiger partial charge in [-0.05, 0) is 12.3 Å². The highest BCUT2D eigenvalue weighted by atomic mass is 16.5. The first-order valence-corrected chi connectivity index (χ1v) is 4.43. The molecule has 0 aromatic rings. The molecule has 1 aliphatic heterocycles. The SMILES string of the molecule is CO[C@H]1CN(C(C)=O)CCC1C. The van der Waals surface area contributed by atoms with Crippen molar-refractivity contribution in [2.24, 2.45) is 5.92 Å². The summed E-state index contributed by atoms with van der Waals surface area (Å²) in [5.74, 6) is 0.731. The van der Waals surface area contributed by atoms with Crippen LogP contribution in [-0.2, 0) is 9.53 Å². The minimum Gasteiger partial charge on any atom is -0.379 e. The third-order valence-electron chi connectivity index (χ3n) is 2.64. The molecule has 0 N–H and O–H groups in total. The average molecular weight is 171 g/mol. The van der Waals surface area contributed by atoms with Crippen LogP contribution in [0.3, 0.4) is 0 Å². The van der Waals surface area contributed by atoms with Gasteiger partial charge in [0.05, 0.1) is 6.10 Å². The van der Waals surface area contributed by atoms with Crippen LogP contribution in [0.4, 0.5) is 0 Å². The summed E-state index contributed by atoms with van der Waals surface area (Å²) in [5.41, 5.74) is 0. The minimum absolute atomic E-state index is 0.156. The van der Waals surface area contributed by atoms with Gasteiger partial charge in [0.15, 0.2) is 0 Å². The number of ether oxygens (including phenoxy) is 1. The molecule has 0 aliphatic carbocycles. The maximum Gasteiger partial charge on any atom is 0.219 e. The topological polar surface area (TPSA) is 29.5 Å². The van der Waals surface area contributed by atoms with E-state index in [0.717, 1.165) is 19.5 Å². The summed E-state index contributed by atoms with van der Waals surface area (Å²) in [7, 11) is 1.71. The van der Waals surface area contributed by atoms with Crippen LogP contribution in [-0.4, -0.2) is 37.1 Å². The van der Waals surface area contributed by atoms with Gasteiger partial charge in [0.1, 0.15) is 0 Å². The molecule has 0 saturated carbocycles. The molecule has 0 spiro atoms. The van der Waals surface area contributed by atoms with Crippen molar-refractivity contribution in [3.05, 3.63) is 0 Å². The van der Waals surface area contributed by atoms with Gasteiger partial charge in [-0.25, -0.2) is 0 Å². The van der Waals surface area contributed by atoms with Crippen molar-refractivity contribution in [2.75, 3.05) is 20.2 Å². The summed E-state index contributed by atoms with van der Waals surface area (Å²) >= 11 is 0. The Morgan fingerprint density at radius 1 is 1.58 bits per heavy atom. The van der Waals surface area contributed by atoms with E-state index in [9.17, 15) is 4.79 Å². The van der Waals surface area contributed by atoms with E-state index < -0.39 is 0 Å². The van der Waals surface area contributed by atoms with Gasteiger partial charge < -0.3 is 9.64 Å². The Morgan fingerprint density at radius 3 is 2.75 bits per heavy atom. The number of piperidine rings is 1. The molecule has 1 saturated heterocycles. The van der Waals surface area contributed by atoms with Crippen LogP contribution < -0.4 is 0 Å². The van der Waals surface area contributed by atoms with Crippen molar-refractivity contribution < 1.29 is 9.53 Å². The van der Waals surface area contributed by atoms with E-state index in [2.05, 4.69) is 6.92 Å². The molecule has 1 heterocycles. The van der Waals surface area contributed by atoms with E-state index in [1.54, 1.807) is 14.0 Å². The van der Waals surface area contributed by atoms with E-state index in [1.165, 1.54) is 0 Å². The van der Waals surface area contributed by atoms with Crippen LogP contribution in [0.5, 0.6) is 0 Å². The number of methoxy groups -OCH3 is 1. The highest BCUT2D eigenvalue weighted by molar-refractivity contribution is 5.73. The van der Waals surface area contributed by atoms with Crippen LogP contribution in [0, 0.1) is 5.92 Å². The Kier molecular flexibility index (Phi) is 3.09. The maximum atomic E-state index is 11.0. The van der Waals surface area contributed by atoms with Gasteiger partial charge in [0, 0.05) is 27.1 Å². The number of hydrogen-bond donors (Lipinski definition) is 0. The van der Waals surface area contributed by atoms with E-state index in [0.29, 0.717) is 5.92 Å². The molecular weight excluding hydrogens is 154 g/mol. The van der Waals surface area contributed by atoms with Gasteiger partial charge in [-0.15, -0.1) is 0 Å². The summed E-state index contributed by atoms with van der Waals surface area (Å²) in [6.45, 7) is 5.43. The molecule has 12 heavy (non-hydrogen) atoms. The van der Waals surface area contributed by atoms with Crippen molar-refractivity contribution >= 4 is 5.91 Å². The molecule has 1 aliphatic rings. The first-order valence-electron chi connectivity index (χ1n) is 4.43. The molecule has 0 bridgehead atoms. The second kappa shape index (κ2) is 3.90. The standard InChI is InChI=1S/C9H17NO2/c1-7-4-5-10(8(2)11)6-9(7)12-3/h7,9H,4-6H2,1-3H3/t7?,9-/m0/s1. The number of rotatable bonds is 1. The summed E-state index contributed by atoms with van der Waals surface area (Å²) in [6, 6.07) is 0. The second-order valence-corrected chi connectivity index (χ2v) is 3.51. The Hall–Kier alpha value is -0.570. The van der Waals surface area contributed by atoms with Crippen LogP contribution in [0.25, 0.3) is 0 Å². The Labute approximate surface area is 73.7 Å². The number of nitrogens with zero attached hydrogens (tertiary/aromatic N) is 1. The number of likely N-dealkylation sites (tertiary alicyclic amines) is 1. The average Bonchev–Trinajstić information content (AvgIpc) is 2.05. The predicted octanol–water partition coefficient (Wildman–Crippen LogP) is 0.890. The van der Waals surface area contributed by atoms with Gasteiger partial charge in [0.2, 0.25) is 5.91 Å². The first kappa shape index (κ1) is 9.52. The quantitative estimate of drug-likeness (QED) is 0.586. The molecule has 3 nitrogen and oxygen atoms in total. The van der Waals surface area contributed by atoms with E-state index in [1.807, 2.05) is 4.90 Å². The third-order valence-corrected chi connectivity index (χ3v) is 2.64. The molecule has 0 radical (unpaired) electrons. The molecule has 2 atom stereocenters. The fourth-order valence-corrected chi connectivity index (χ4v) is 1.63. The lowest BCUT2D eigenvalue weighted by Gasteiger charge is -2.35. The highest BCUT2D eigenvalue weighted by Gasteiger charge is 2.26. The van der Waals surface area contributed by atoms with Gasteiger partial charge in [-0.3, -0.25) is 4.79 Å². The zero-order chi connectivity index (χ0) is 9.14. The van der Waals surface area contributed by atoms with Crippen LogP contribution >= 0.6 is 0 Å². The molecular formula is C9H17NO2. The third kappa shape index (κ3) is 1.97. The molecule has 0 aromatic heterocycles. The molecule has 1 fully saturated rings. The first-order chi connectivity index (χ1) is 5.65. The van der Waals surface area contributed by atoms with E-state index in [-0.39, 0.29) is 12.0 Å². The lowest BCUT2D eigenvalue weighted by Crippen LogP contribution is -2.45. The van der Waals surface area contributed by atoms with E-state index in [4.69, 9.17) is 4.74 Å². The lowest BCUT2D eigenvalue weighted by atomic mass is 9.96.